The third-order valence-electron chi connectivity index (χ3n) is 4.10. The molecule has 1 aromatic heterocycles. The molecule has 1 N–H and O–H groups in total. The summed E-state index contributed by atoms with van der Waals surface area (Å²) in [6, 6.07) is 5.41. The fourth-order valence-electron chi connectivity index (χ4n) is 2.47. The van der Waals surface area contributed by atoms with E-state index in [1.54, 1.807) is 13.8 Å². The minimum Gasteiger partial charge on any atom is -0.339 e. The molecule has 1 aromatic carbocycles. The maximum absolute atomic E-state index is 13.1. The van der Waals surface area contributed by atoms with Crippen LogP contribution in [0, 0.1) is 5.82 Å². The monoisotopic (exact) mass is 415 g/mol. The van der Waals surface area contributed by atoms with Crippen molar-refractivity contribution in [3.8, 4) is 0 Å². The van der Waals surface area contributed by atoms with E-state index in [-0.39, 0.29) is 29.3 Å². The summed E-state index contributed by atoms with van der Waals surface area (Å²) in [4.78, 5) is 7.72. The summed E-state index contributed by atoms with van der Waals surface area (Å²) in [7, 11) is -7.04. The molecule has 0 amide bonds. The molecule has 148 valence electrons. The lowest BCUT2D eigenvalue weighted by atomic mass is 10.1. The van der Waals surface area contributed by atoms with Crippen molar-refractivity contribution in [3.05, 3.63) is 42.6 Å². The summed E-state index contributed by atoms with van der Waals surface area (Å²) in [5.41, 5.74) is 0.474. The summed E-state index contributed by atoms with van der Waals surface area (Å²) in [5.74, 6) is -0.423. The van der Waals surface area contributed by atoms with Crippen molar-refractivity contribution in [2.45, 2.75) is 36.3 Å². The van der Waals surface area contributed by atoms with Crippen LogP contribution in [0.25, 0.3) is 0 Å². The molecular formula is C17H22FN3O4S2. The van der Waals surface area contributed by atoms with E-state index in [1.165, 1.54) is 36.8 Å². The van der Waals surface area contributed by atoms with Gasteiger partial charge in [0.25, 0.3) is 0 Å². The summed E-state index contributed by atoms with van der Waals surface area (Å²) in [5, 5.41) is 2.87. The van der Waals surface area contributed by atoms with Gasteiger partial charge in [-0.1, -0.05) is 0 Å². The molecule has 2 aromatic rings. The van der Waals surface area contributed by atoms with Crippen molar-refractivity contribution in [2.75, 3.05) is 17.3 Å². The number of benzene rings is 1. The van der Waals surface area contributed by atoms with Gasteiger partial charge in [0, 0.05) is 17.7 Å². The van der Waals surface area contributed by atoms with Crippen LogP contribution in [-0.4, -0.2) is 43.6 Å². The van der Waals surface area contributed by atoms with Crippen LogP contribution in [0.1, 0.15) is 26.7 Å². The van der Waals surface area contributed by atoms with Crippen LogP contribution in [0.5, 0.6) is 0 Å². The molecule has 0 saturated heterocycles. The Morgan fingerprint density at radius 2 is 1.74 bits per heavy atom. The Balaban J connectivity index is 2.31. The van der Waals surface area contributed by atoms with Gasteiger partial charge in [0.1, 0.15) is 26.9 Å². The first-order chi connectivity index (χ1) is 12.4. The molecule has 1 heterocycles. The van der Waals surface area contributed by atoms with E-state index >= 15 is 0 Å². The highest BCUT2D eigenvalue weighted by atomic mass is 32.2. The Morgan fingerprint density at radius 1 is 1.11 bits per heavy atom. The Labute approximate surface area is 158 Å². The standard InChI is InChI=1S/C17H22FN3O4S2/c1-17(2,9-4-10-26(3,22)23)27(24,25)15-11-19-12-20-16(15)21-14-7-5-13(18)6-8-14/h5-8,11-12H,4,9-10H2,1-3H3,(H,19,20,21). The second-order valence-corrected chi connectivity index (χ2v) is 11.7. The fourth-order valence-corrected chi connectivity index (χ4v) is 4.70. The smallest absolute Gasteiger partial charge is 0.188 e. The molecule has 0 aliphatic rings. The van der Waals surface area contributed by atoms with Crippen LogP contribution in [0.15, 0.2) is 41.7 Å². The Bertz CT molecular complexity index is 1000. The van der Waals surface area contributed by atoms with E-state index in [4.69, 9.17) is 0 Å². The molecule has 0 unspecified atom stereocenters. The number of aromatic nitrogens is 2. The lowest BCUT2D eigenvalue weighted by Gasteiger charge is -2.25. The zero-order valence-corrected chi connectivity index (χ0v) is 16.9. The van der Waals surface area contributed by atoms with Gasteiger partial charge in [-0.2, -0.15) is 0 Å². The molecule has 0 aliphatic heterocycles. The number of anilines is 2. The van der Waals surface area contributed by atoms with Crippen molar-refractivity contribution in [3.63, 3.8) is 0 Å². The zero-order valence-electron chi connectivity index (χ0n) is 15.3. The average molecular weight is 416 g/mol. The van der Waals surface area contributed by atoms with Crippen LogP contribution in [0.4, 0.5) is 15.9 Å². The van der Waals surface area contributed by atoms with Crippen molar-refractivity contribution < 1.29 is 21.2 Å². The number of sulfone groups is 2. The quantitative estimate of drug-likeness (QED) is 0.706. The number of hydrogen-bond donors (Lipinski definition) is 1. The number of hydrogen-bond acceptors (Lipinski definition) is 7. The third kappa shape index (κ3) is 5.46. The molecule has 2 rings (SSSR count). The first-order valence-corrected chi connectivity index (χ1v) is 11.7. The largest absolute Gasteiger partial charge is 0.339 e. The molecule has 0 radical (unpaired) electrons. The van der Waals surface area contributed by atoms with Crippen LogP contribution in [0.2, 0.25) is 0 Å². The highest BCUT2D eigenvalue weighted by molar-refractivity contribution is 7.93. The summed E-state index contributed by atoms with van der Waals surface area (Å²) in [6.07, 6.45) is 3.91. The fraction of sp³-hybridized carbons (Fsp3) is 0.412. The Kier molecular flexibility index (Phi) is 6.21. The van der Waals surface area contributed by atoms with Crippen molar-refractivity contribution >= 4 is 31.2 Å². The Morgan fingerprint density at radius 3 is 2.33 bits per heavy atom. The van der Waals surface area contributed by atoms with Crippen molar-refractivity contribution in [1.82, 2.24) is 9.97 Å². The van der Waals surface area contributed by atoms with E-state index < -0.39 is 30.2 Å². The summed E-state index contributed by atoms with van der Waals surface area (Å²) >= 11 is 0. The van der Waals surface area contributed by atoms with E-state index in [9.17, 15) is 21.2 Å². The molecule has 0 spiro atoms. The first kappa shape index (κ1) is 21.2. The molecule has 7 nitrogen and oxygen atoms in total. The normalized spacial score (nSPS) is 12.7. The van der Waals surface area contributed by atoms with Gasteiger partial charge in [-0.15, -0.1) is 0 Å². The van der Waals surface area contributed by atoms with E-state index in [2.05, 4.69) is 15.3 Å². The predicted molar refractivity (Wildman–Crippen MR) is 102 cm³/mol. The molecule has 27 heavy (non-hydrogen) atoms. The molecule has 0 fully saturated rings. The van der Waals surface area contributed by atoms with Gasteiger partial charge in [0.05, 0.1) is 10.9 Å². The van der Waals surface area contributed by atoms with Crippen LogP contribution in [-0.2, 0) is 19.7 Å². The van der Waals surface area contributed by atoms with Crippen molar-refractivity contribution in [2.24, 2.45) is 0 Å². The first-order valence-electron chi connectivity index (χ1n) is 8.17. The second kappa shape index (κ2) is 7.89. The molecule has 0 aliphatic carbocycles. The highest BCUT2D eigenvalue weighted by Crippen LogP contribution is 2.33. The van der Waals surface area contributed by atoms with Gasteiger partial charge in [0.2, 0.25) is 0 Å². The average Bonchev–Trinajstić information content (AvgIpc) is 2.56. The summed E-state index contributed by atoms with van der Waals surface area (Å²) < 4.78 is 60.8. The molecular weight excluding hydrogens is 393 g/mol. The minimum atomic E-state index is -3.87. The molecule has 0 atom stereocenters. The lowest BCUT2D eigenvalue weighted by Crippen LogP contribution is -2.33. The number of rotatable bonds is 8. The zero-order chi connectivity index (χ0) is 20.3. The van der Waals surface area contributed by atoms with E-state index in [0.717, 1.165) is 6.26 Å². The summed E-state index contributed by atoms with van der Waals surface area (Å²) in [6.45, 7) is 3.08. The van der Waals surface area contributed by atoms with Gasteiger partial charge in [-0.25, -0.2) is 31.2 Å². The minimum absolute atomic E-state index is 0.0767. The topological polar surface area (TPSA) is 106 Å². The van der Waals surface area contributed by atoms with Crippen LogP contribution < -0.4 is 5.32 Å². The van der Waals surface area contributed by atoms with E-state index in [0.29, 0.717) is 5.69 Å². The maximum Gasteiger partial charge on any atom is 0.188 e. The third-order valence-corrected chi connectivity index (χ3v) is 7.66. The lowest BCUT2D eigenvalue weighted by molar-refractivity contribution is 0.520. The van der Waals surface area contributed by atoms with Crippen LogP contribution >= 0.6 is 0 Å². The van der Waals surface area contributed by atoms with Crippen LogP contribution in [0.3, 0.4) is 0 Å². The second-order valence-electron chi connectivity index (χ2n) is 6.86. The number of halogens is 1. The van der Waals surface area contributed by atoms with Gasteiger partial charge in [-0.05, 0) is 51.0 Å². The van der Waals surface area contributed by atoms with Gasteiger partial charge >= 0.3 is 0 Å². The Hall–Kier alpha value is -2.07. The SMILES string of the molecule is CC(C)(CCCS(C)(=O)=O)S(=O)(=O)c1cncnc1Nc1ccc(F)cc1. The highest BCUT2D eigenvalue weighted by Gasteiger charge is 2.37. The maximum atomic E-state index is 13.1. The number of nitrogens with one attached hydrogen (secondary N) is 1. The molecule has 0 bridgehead atoms. The van der Waals surface area contributed by atoms with E-state index in [1.807, 2.05) is 0 Å². The van der Waals surface area contributed by atoms with Gasteiger partial charge in [0.15, 0.2) is 15.7 Å². The number of nitrogens with zero attached hydrogens (tertiary/aromatic N) is 2. The van der Waals surface area contributed by atoms with Gasteiger partial charge < -0.3 is 5.32 Å². The van der Waals surface area contributed by atoms with Crippen molar-refractivity contribution in [1.29, 1.82) is 0 Å². The molecule has 10 heteroatoms. The molecule has 0 saturated carbocycles. The predicted octanol–water partition coefficient (Wildman–Crippen LogP) is 2.74. The van der Waals surface area contributed by atoms with Gasteiger partial charge in [-0.3, -0.25) is 0 Å².